The zero-order valence-electron chi connectivity index (χ0n) is 5.22. The Labute approximate surface area is 52.9 Å². The Morgan fingerprint density at radius 3 is 2.62 bits per heavy atom. The van der Waals surface area contributed by atoms with Gasteiger partial charge in [-0.1, -0.05) is 13.3 Å². The average Bonchev–Trinajstić information content (AvgIpc) is 1.77. The third kappa shape index (κ3) is 1.31. The van der Waals surface area contributed by atoms with Crippen molar-refractivity contribution in [1.29, 1.82) is 0 Å². The lowest BCUT2D eigenvalue weighted by molar-refractivity contribution is 0.623. The molecule has 0 aliphatic carbocycles. The Kier molecular flexibility index (Phi) is 2.06. The second kappa shape index (κ2) is 2.62. The van der Waals surface area contributed by atoms with Crippen LogP contribution in [0.3, 0.4) is 0 Å². The normalized spacial score (nSPS) is 39.6. The number of hydrogen-bond acceptors (Lipinski definition) is 1. The summed E-state index contributed by atoms with van der Waals surface area (Å²) in [5.41, 5.74) is 0. The van der Waals surface area contributed by atoms with Crippen molar-refractivity contribution in [2.75, 3.05) is 5.75 Å². The average molecular weight is 132 g/mol. The van der Waals surface area contributed by atoms with E-state index in [1.165, 1.54) is 19.3 Å². The highest BCUT2D eigenvalue weighted by atomic mass is 32.2. The van der Waals surface area contributed by atoms with Crippen LogP contribution in [0.25, 0.3) is 0 Å². The molecule has 0 unspecified atom stereocenters. The van der Waals surface area contributed by atoms with Gasteiger partial charge < -0.3 is 0 Å². The minimum Gasteiger partial charge on any atom is -0.259 e. The second-order valence-corrected chi connectivity index (χ2v) is 4.37. The van der Waals surface area contributed by atoms with Crippen molar-refractivity contribution in [3.63, 3.8) is 0 Å². The maximum Gasteiger partial charge on any atom is 0.0319 e. The van der Waals surface area contributed by atoms with E-state index in [9.17, 15) is 4.21 Å². The first-order valence-corrected chi connectivity index (χ1v) is 4.56. The predicted molar refractivity (Wildman–Crippen MR) is 36.3 cm³/mol. The van der Waals surface area contributed by atoms with Crippen molar-refractivity contribution in [2.24, 2.45) is 0 Å². The molecule has 1 aliphatic rings. The topological polar surface area (TPSA) is 17.1 Å². The van der Waals surface area contributed by atoms with Gasteiger partial charge >= 0.3 is 0 Å². The molecule has 0 amide bonds. The van der Waals surface area contributed by atoms with Crippen molar-refractivity contribution in [3.05, 3.63) is 0 Å². The fourth-order valence-electron chi connectivity index (χ4n) is 1.01. The first-order valence-electron chi connectivity index (χ1n) is 3.18. The lowest BCUT2D eigenvalue weighted by Gasteiger charge is -2.15. The van der Waals surface area contributed by atoms with Crippen LogP contribution in [-0.4, -0.2) is 15.2 Å². The van der Waals surface area contributed by atoms with E-state index in [0.717, 1.165) is 5.75 Å². The fourth-order valence-corrected chi connectivity index (χ4v) is 2.33. The van der Waals surface area contributed by atoms with E-state index in [1.807, 2.05) is 0 Å². The van der Waals surface area contributed by atoms with E-state index in [4.69, 9.17) is 0 Å². The Morgan fingerprint density at radius 2 is 2.25 bits per heavy atom. The third-order valence-corrected chi connectivity index (χ3v) is 3.48. The minimum atomic E-state index is -0.485. The lowest BCUT2D eigenvalue weighted by atomic mass is 10.2. The Hall–Kier alpha value is 0.150. The maximum atomic E-state index is 10.9. The minimum absolute atomic E-state index is 0.476. The van der Waals surface area contributed by atoms with Crippen LogP contribution >= 0.6 is 0 Å². The maximum absolute atomic E-state index is 10.9. The van der Waals surface area contributed by atoms with Gasteiger partial charge in [-0.2, -0.15) is 0 Å². The van der Waals surface area contributed by atoms with Gasteiger partial charge in [-0.15, -0.1) is 0 Å². The van der Waals surface area contributed by atoms with Crippen LogP contribution in [0.5, 0.6) is 0 Å². The molecule has 1 saturated heterocycles. The van der Waals surface area contributed by atoms with E-state index in [2.05, 4.69) is 6.92 Å². The van der Waals surface area contributed by atoms with Crippen LogP contribution in [0.4, 0.5) is 0 Å². The molecule has 8 heavy (non-hydrogen) atoms. The molecule has 0 bridgehead atoms. The van der Waals surface area contributed by atoms with Gasteiger partial charge in [-0.05, 0) is 12.8 Å². The molecular formula is C6H12OS. The van der Waals surface area contributed by atoms with Crippen LogP contribution in [0.1, 0.15) is 26.2 Å². The molecule has 0 radical (unpaired) electrons. The highest BCUT2D eigenvalue weighted by Gasteiger charge is 2.14. The van der Waals surface area contributed by atoms with Gasteiger partial charge in [-0.25, -0.2) is 0 Å². The zero-order chi connectivity index (χ0) is 5.98. The summed E-state index contributed by atoms with van der Waals surface area (Å²) in [6.07, 6.45) is 3.64. The number of rotatable bonds is 0. The van der Waals surface area contributed by atoms with E-state index in [0.29, 0.717) is 5.25 Å². The van der Waals surface area contributed by atoms with E-state index in [-0.39, 0.29) is 0 Å². The summed E-state index contributed by atoms with van der Waals surface area (Å²) in [7, 11) is -0.485. The van der Waals surface area contributed by atoms with Gasteiger partial charge in [0.1, 0.15) is 0 Å². The van der Waals surface area contributed by atoms with Crippen molar-refractivity contribution < 1.29 is 4.21 Å². The summed E-state index contributed by atoms with van der Waals surface area (Å²) in [5.74, 6) is 0.946. The first kappa shape index (κ1) is 6.27. The van der Waals surface area contributed by atoms with E-state index >= 15 is 0 Å². The van der Waals surface area contributed by atoms with Crippen LogP contribution < -0.4 is 0 Å². The van der Waals surface area contributed by atoms with Gasteiger partial charge in [0.15, 0.2) is 0 Å². The molecule has 1 rings (SSSR count). The zero-order valence-corrected chi connectivity index (χ0v) is 6.04. The fraction of sp³-hybridized carbons (Fsp3) is 1.00. The molecular weight excluding hydrogens is 120 g/mol. The molecule has 48 valence electrons. The van der Waals surface area contributed by atoms with E-state index < -0.39 is 10.8 Å². The third-order valence-electron chi connectivity index (χ3n) is 1.65. The molecule has 2 atom stereocenters. The molecule has 0 aromatic heterocycles. The largest absolute Gasteiger partial charge is 0.259 e. The van der Waals surface area contributed by atoms with Crippen molar-refractivity contribution in [2.45, 2.75) is 31.4 Å². The lowest BCUT2D eigenvalue weighted by Crippen LogP contribution is -2.18. The smallest absolute Gasteiger partial charge is 0.0319 e. The molecule has 0 N–H and O–H groups in total. The van der Waals surface area contributed by atoms with E-state index in [1.54, 1.807) is 0 Å². The Balaban J connectivity index is 2.39. The van der Waals surface area contributed by atoms with Crippen LogP contribution in [0.15, 0.2) is 0 Å². The molecule has 0 saturated carbocycles. The predicted octanol–water partition coefficient (Wildman–Crippen LogP) is 1.31. The summed E-state index contributed by atoms with van der Waals surface area (Å²) in [6, 6.07) is 0. The standard InChI is InChI=1S/C6H12OS/c1-6-4-2-3-5-8(6)7/h6H,2-5H2,1H3/t6-,8-/m0/s1. The molecule has 1 nitrogen and oxygen atoms in total. The van der Waals surface area contributed by atoms with Crippen LogP contribution in [0, 0.1) is 0 Å². The summed E-state index contributed by atoms with van der Waals surface area (Å²) >= 11 is 0. The van der Waals surface area contributed by atoms with Crippen LogP contribution in [-0.2, 0) is 10.8 Å². The summed E-state index contributed by atoms with van der Waals surface area (Å²) in [5, 5.41) is 0.476. The van der Waals surface area contributed by atoms with Gasteiger partial charge in [0.25, 0.3) is 0 Å². The highest BCUT2D eigenvalue weighted by Crippen LogP contribution is 2.14. The Bertz CT molecular complexity index is 101. The molecule has 1 aliphatic heterocycles. The molecule has 1 fully saturated rings. The first-order chi connectivity index (χ1) is 3.80. The monoisotopic (exact) mass is 132 g/mol. The second-order valence-electron chi connectivity index (χ2n) is 2.39. The van der Waals surface area contributed by atoms with Gasteiger partial charge in [0, 0.05) is 21.8 Å². The van der Waals surface area contributed by atoms with Gasteiger partial charge in [0.05, 0.1) is 0 Å². The molecule has 0 aromatic rings. The quantitative estimate of drug-likeness (QED) is 0.485. The number of hydrogen-bond donors (Lipinski definition) is 0. The van der Waals surface area contributed by atoms with Gasteiger partial charge in [-0.3, -0.25) is 4.21 Å². The molecule has 0 spiro atoms. The van der Waals surface area contributed by atoms with Gasteiger partial charge in [0.2, 0.25) is 0 Å². The van der Waals surface area contributed by atoms with Crippen molar-refractivity contribution in [1.82, 2.24) is 0 Å². The Morgan fingerprint density at radius 1 is 1.50 bits per heavy atom. The summed E-state index contributed by atoms with van der Waals surface area (Å²) < 4.78 is 10.9. The van der Waals surface area contributed by atoms with Crippen molar-refractivity contribution >= 4 is 10.8 Å². The SMILES string of the molecule is C[C@H]1CCCC[S@@]1=O. The summed E-state index contributed by atoms with van der Waals surface area (Å²) in [6.45, 7) is 2.08. The van der Waals surface area contributed by atoms with Crippen LogP contribution in [0.2, 0.25) is 0 Å². The summed E-state index contributed by atoms with van der Waals surface area (Å²) in [4.78, 5) is 0. The highest BCUT2D eigenvalue weighted by molar-refractivity contribution is 7.85. The molecule has 2 heteroatoms. The molecule has 0 aromatic carbocycles. The molecule has 1 heterocycles. The van der Waals surface area contributed by atoms with Crippen molar-refractivity contribution in [3.8, 4) is 0 Å².